The van der Waals surface area contributed by atoms with Crippen molar-refractivity contribution in [2.45, 2.75) is 51.5 Å². The van der Waals surface area contributed by atoms with Crippen molar-refractivity contribution in [2.24, 2.45) is 17.6 Å². The fourth-order valence-electron chi connectivity index (χ4n) is 3.54. The first-order chi connectivity index (χ1) is 9.53. The van der Waals surface area contributed by atoms with Crippen molar-refractivity contribution in [1.29, 1.82) is 0 Å². The Hall–Kier alpha value is -1.09. The molecule has 2 nitrogen and oxygen atoms in total. The van der Waals surface area contributed by atoms with Crippen LogP contribution < -0.4 is 11.1 Å². The SMILES string of the molecule is CC(C)CC1CCCC(CN)(Nc2ccc(F)cc2)C1. The summed E-state index contributed by atoms with van der Waals surface area (Å²) < 4.78 is 13.0. The van der Waals surface area contributed by atoms with Crippen molar-refractivity contribution in [3.05, 3.63) is 30.1 Å². The maximum absolute atomic E-state index is 13.0. The predicted octanol–water partition coefficient (Wildman–Crippen LogP) is 4.17. The van der Waals surface area contributed by atoms with Crippen LogP contribution in [0.4, 0.5) is 10.1 Å². The van der Waals surface area contributed by atoms with Crippen molar-refractivity contribution < 1.29 is 4.39 Å². The van der Waals surface area contributed by atoms with E-state index in [1.54, 1.807) is 12.1 Å². The average molecular weight is 278 g/mol. The van der Waals surface area contributed by atoms with Crippen molar-refractivity contribution in [3.8, 4) is 0 Å². The quantitative estimate of drug-likeness (QED) is 0.848. The van der Waals surface area contributed by atoms with Crippen LogP contribution in [0.1, 0.15) is 46.0 Å². The van der Waals surface area contributed by atoms with Crippen LogP contribution >= 0.6 is 0 Å². The van der Waals surface area contributed by atoms with E-state index < -0.39 is 0 Å². The van der Waals surface area contributed by atoms with E-state index in [0.29, 0.717) is 6.54 Å². The third-order valence-corrected chi connectivity index (χ3v) is 4.40. The van der Waals surface area contributed by atoms with Crippen molar-refractivity contribution in [1.82, 2.24) is 0 Å². The van der Waals surface area contributed by atoms with Gasteiger partial charge in [-0.05, 0) is 55.4 Å². The van der Waals surface area contributed by atoms with E-state index in [0.717, 1.165) is 30.4 Å². The summed E-state index contributed by atoms with van der Waals surface area (Å²) >= 11 is 0. The molecule has 3 heteroatoms. The summed E-state index contributed by atoms with van der Waals surface area (Å²) in [4.78, 5) is 0. The van der Waals surface area contributed by atoms with Gasteiger partial charge in [-0.1, -0.05) is 26.7 Å². The minimum atomic E-state index is -0.196. The number of anilines is 1. The molecule has 1 aliphatic rings. The number of hydrogen-bond donors (Lipinski definition) is 2. The molecule has 3 N–H and O–H groups in total. The molecular weight excluding hydrogens is 251 g/mol. The third-order valence-electron chi connectivity index (χ3n) is 4.40. The highest BCUT2D eigenvalue weighted by molar-refractivity contribution is 5.45. The minimum Gasteiger partial charge on any atom is -0.378 e. The van der Waals surface area contributed by atoms with Gasteiger partial charge in [0, 0.05) is 17.8 Å². The molecule has 1 fully saturated rings. The number of nitrogens with two attached hydrogens (primary N) is 1. The largest absolute Gasteiger partial charge is 0.378 e. The van der Waals surface area contributed by atoms with Gasteiger partial charge >= 0.3 is 0 Å². The number of halogens is 1. The third kappa shape index (κ3) is 3.95. The van der Waals surface area contributed by atoms with Crippen molar-refractivity contribution in [3.63, 3.8) is 0 Å². The molecule has 2 rings (SSSR count). The Labute approximate surface area is 121 Å². The van der Waals surface area contributed by atoms with Crippen LogP contribution in [0.2, 0.25) is 0 Å². The van der Waals surface area contributed by atoms with Gasteiger partial charge in [0.05, 0.1) is 0 Å². The summed E-state index contributed by atoms with van der Waals surface area (Å²) in [5.74, 6) is 1.29. The second-order valence-electron chi connectivity index (χ2n) is 6.71. The van der Waals surface area contributed by atoms with Crippen LogP contribution in [-0.2, 0) is 0 Å². The monoisotopic (exact) mass is 278 g/mol. The second kappa shape index (κ2) is 6.57. The van der Waals surface area contributed by atoms with Gasteiger partial charge in [0.25, 0.3) is 0 Å². The maximum atomic E-state index is 13.0. The summed E-state index contributed by atoms with van der Waals surface area (Å²) in [6, 6.07) is 6.61. The number of benzene rings is 1. The lowest BCUT2D eigenvalue weighted by atomic mass is 9.73. The molecule has 0 radical (unpaired) electrons. The Bertz CT molecular complexity index is 416. The van der Waals surface area contributed by atoms with Gasteiger partial charge < -0.3 is 11.1 Å². The summed E-state index contributed by atoms with van der Waals surface area (Å²) in [5.41, 5.74) is 7.03. The smallest absolute Gasteiger partial charge is 0.123 e. The van der Waals surface area contributed by atoms with Gasteiger partial charge in [-0.2, -0.15) is 0 Å². The highest BCUT2D eigenvalue weighted by atomic mass is 19.1. The first kappa shape index (κ1) is 15.3. The van der Waals surface area contributed by atoms with Gasteiger partial charge in [-0.25, -0.2) is 4.39 Å². The highest BCUT2D eigenvalue weighted by Gasteiger charge is 2.35. The Kier molecular flexibility index (Phi) is 5.03. The van der Waals surface area contributed by atoms with E-state index in [9.17, 15) is 4.39 Å². The van der Waals surface area contributed by atoms with Gasteiger partial charge in [-0.3, -0.25) is 0 Å². The van der Waals surface area contributed by atoms with Crippen LogP contribution in [-0.4, -0.2) is 12.1 Å². The molecule has 0 aliphatic heterocycles. The van der Waals surface area contributed by atoms with E-state index in [4.69, 9.17) is 5.73 Å². The van der Waals surface area contributed by atoms with Gasteiger partial charge in [0.15, 0.2) is 0 Å². The molecular formula is C17H27FN2. The molecule has 1 saturated carbocycles. The predicted molar refractivity (Wildman–Crippen MR) is 83.2 cm³/mol. The molecule has 20 heavy (non-hydrogen) atoms. The van der Waals surface area contributed by atoms with E-state index in [-0.39, 0.29) is 11.4 Å². The van der Waals surface area contributed by atoms with E-state index in [1.807, 2.05) is 0 Å². The maximum Gasteiger partial charge on any atom is 0.123 e. The molecule has 0 spiro atoms. The van der Waals surface area contributed by atoms with E-state index in [1.165, 1.54) is 31.4 Å². The molecule has 1 aliphatic carbocycles. The Morgan fingerprint density at radius 1 is 1.35 bits per heavy atom. The van der Waals surface area contributed by atoms with Gasteiger partial charge in [0.1, 0.15) is 5.82 Å². The molecule has 0 heterocycles. The van der Waals surface area contributed by atoms with Gasteiger partial charge in [-0.15, -0.1) is 0 Å². The zero-order chi connectivity index (χ0) is 14.6. The number of nitrogens with one attached hydrogen (secondary N) is 1. The molecule has 1 aromatic rings. The molecule has 0 amide bonds. The molecule has 112 valence electrons. The summed E-state index contributed by atoms with van der Waals surface area (Å²) in [7, 11) is 0. The lowest BCUT2D eigenvalue weighted by molar-refractivity contribution is 0.222. The molecule has 1 aromatic carbocycles. The van der Waals surface area contributed by atoms with E-state index in [2.05, 4.69) is 19.2 Å². The Morgan fingerprint density at radius 3 is 2.65 bits per heavy atom. The van der Waals surface area contributed by atoms with Crippen LogP contribution in [0.25, 0.3) is 0 Å². The summed E-state index contributed by atoms with van der Waals surface area (Å²) in [6.07, 6.45) is 6.04. The van der Waals surface area contributed by atoms with Gasteiger partial charge in [0.2, 0.25) is 0 Å². The average Bonchev–Trinajstić information content (AvgIpc) is 2.41. The fraction of sp³-hybridized carbons (Fsp3) is 0.647. The molecule has 0 saturated heterocycles. The van der Waals surface area contributed by atoms with E-state index >= 15 is 0 Å². The minimum absolute atomic E-state index is 0.0182. The molecule has 0 bridgehead atoms. The molecule has 2 unspecified atom stereocenters. The van der Waals surface area contributed by atoms with Crippen LogP contribution in [0.3, 0.4) is 0 Å². The Morgan fingerprint density at radius 2 is 2.05 bits per heavy atom. The first-order valence-electron chi connectivity index (χ1n) is 7.77. The lowest BCUT2D eigenvalue weighted by Gasteiger charge is -2.42. The van der Waals surface area contributed by atoms with Crippen molar-refractivity contribution >= 4 is 5.69 Å². The highest BCUT2D eigenvalue weighted by Crippen LogP contribution is 2.37. The number of rotatable bonds is 5. The second-order valence-corrected chi connectivity index (χ2v) is 6.71. The number of hydrogen-bond acceptors (Lipinski definition) is 2. The zero-order valence-corrected chi connectivity index (χ0v) is 12.7. The lowest BCUT2D eigenvalue weighted by Crippen LogP contribution is -2.49. The topological polar surface area (TPSA) is 38.0 Å². The molecule has 0 aromatic heterocycles. The summed E-state index contributed by atoms with van der Waals surface area (Å²) in [6.45, 7) is 5.21. The van der Waals surface area contributed by atoms with Crippen LogP contribution in [0.5, 0.6) is 0 Å². The normalized spacial score (nSPS) is 26.8. The van der Waals surface area contributed by atoms with Crippen LogP contribution in [0.15, 0.2) is 24.3 Å². The summed E-state index contributed by atoms with van der Waals surface area (Å²) in [5, 5.41) is 3.58. The standard InChI is InChI=1S/C17H27FN2/c1-13(2)10-14-4-3-9-17(11-14,12-19)20-16-7-5-15(18)6-8-16/h5-8,13-14,20H,3-4,9-12,19H2,1-2H3. The van der Waals surface area contributed by atoms with Crippen molar-refractivity contribution in [2.75, 3.05) is 11.9 Å². The molecule has 2 atom stereocenters. The zero-order valence-electron chi connectivity index (χ0n) is 12.7. The fourth-order valence-corrected chi connectivity index (χ4v) is 3.54. The van der Waals surface area contributed by atoms with Crippen LogP contribution in [0, 0.1) is 17.7 Å². The Balaban J connectivity index is 2.06. The first-order valence-corrected chi connectivity index (χ1v) is 7.77.